The van der Waals surface area contributed by atoms with Crippen LogP contribution in [-0.4, -0.2) is 26.1 Å². The van der Waals surface area contributed by atoms with Crippen molar-refractivity contribution in [1.82, 2.24) is 9.47 Å². The molecule has 0 saturated heterocycles. The highest BCUT2D eigenvalue weighted by atomic mass is 15.3. The van der Waals surface area contributed by atoms with Gasteiger partial charge in [0.25, 0.3) is 0 Å². The molecule has 0 atom stereocenters. The van der Waals surface area contributed by atoms with Gasteiger partial charge in [0.1, 0.15) is 0 Å². The van der Waals surface area contributed by atoms with Crippen molar-refractivity contribution in [2.75, 3.05) is 21.1 Å². The zero-order chi connectivity index (χ0) is 6.91. The first-order chi connectivity index (χ1) is 4.11. The molecule has 0 aromatic carbocycles. The summed E-state index contributed by atoms with van der Waals surface area (Å²) in [6.45, 7) is 0. The minimum atomic E-state index is 0.854. The van der Waals surface area contributed by atoms with Crippen molar-refractivity contribution in [1.29, 1.82) is 0 Å². The van der Waals surface area contributed by atoms with E-state index in [0.717, 1.165) is 4.48 Å². The summed E-state index contributed by atoms with van der Waals surface area (Å²) >= 11 is 0. The SMILES string of the molecule is C[N+](C)(C)c1ccc[nH]1. The number of aromatic amines is 1. The number of aromatic nitrogens is 1. The Morgan fingerprint density at radius 3 is 2.22 bits per heavy atom. The van der Waals surface area contributed by atoms with Crippen LogP contribution in [0.5, 0.6) is 0 Å². The lowest BCUT2D eigenvalue weighted by molar-refractivity contribution is 0.475. The second kappa shape index (κ2) is 1.88. The Morgan fingerprint density at radius 2 is 2.00 bits per heavy atom. The van der Waals surface area contributed by atoms with Crippen molar-refractivity contribution in [2.24, 2.45) is 0 Å². The number of H-pyrrole nitrogens is 1. The maximum Gasteiger partial charge on any atom is 0.204 e. The topological polar surface area (TPSA) is 15.8 Å². The molecule has 2 nitrogen and oxygen atoms in total. The predicted molar refractivity (Wildman–Crippen MR) is 40.4 cm³/mol. The fraction of sp³-hybridized carbons (Fsp3) is 0.429. The molecule has 0 amide bonds. The zero-order valence-electron chi connectivity index (χ0n) is 6.18. The molecular formula is C7H13N2+. The van der Waals surface area contributed by atoms with E-state index in [1.54, 1.807) is 0 Å². The second-order valence-electron chi connectivity index (χ2n) is 3.07. The van der Waals surface area contributed by atoms with Gasteiger partial charge in [-0.15, -0.1) is 0 Å². The molecule has 50 valence electrons. The van der Waals surface area contributed by atoms with Crippen molar-refractivity contribution in [3.05, 3.63) is 18.3 Å². The van der Waals surface area contributed by atoms with Crippen LogP contribution in [0.25, 0.3) is 0 Å². The number of nitrogens with one attached hydrogen (secondary N) is 1. The largest absolute Gasteiger partial charge is 0.318 e. The summed E-state index contributed by atoms with van der Waals surface area (Å²) in [6.07, 6.45) is 1.94. The molecular weight excluding hydrogens is 112 g/mol. The highest BCUT2D eigenvalue weighted by molar-refractivity contribution is 5.31. The molecule has 1 heterocycles. The van der Waals surface area contributed by atoms with E-state index >= 15 is 0 Å². The van der Waals surface area contributed by atoms with Gasteiger partial charge in [0.15, 0.2) is 0 Å². The second-order valence-corrected chi connectivity index (χ2v) is 3.07. The van der Waals surface area contributed by atoms with E-state index < -0.39 is 0 Å². The molecule has 0 radical (unpaired) electrons. The van der Waals surface area contributed by atoms with Crippen LogP contribution in [0.4, 0.5) is 5.82 Å². The molecule has 0 spiro atoms. The summed E-state index contributed by atoms with van der Waals surface area (Å²) in [6, 6.07) is 4.10. The van der Waals surface area contributed by atoms with Crippen molar-refractivity contribution in [2.45, 2.75) is 0 Å². The van der Waals surface area contributed by atoms with Gasteiger partial charge in [-0.2, -0.15) is 0 Å². The van der Waals surface area contributed by atoms with Crippen LogP contribution in [0.2, 0.25) is 0 Å². The minimum Gasteiger partial charge on any atom is -0.318 e. The minimum absolute atomic E-state index is 0.854. The van der Waals surface area contributed by atoms with Crippen LogP contribution < -0.4 is 4.48 Å². The summed E-state index contributed by atoms with van der Waals surface area (Å²) < 4.78 is 0.854. The van der Waals surface area contributed by atoms with Gasteiger partial charge >= 0.3 is 0 Å². The van der Waals surface area contributed by atoms with Gasteiger partial charge in [-0.1, -0.05) is 0 Å². The number of nitrogens with zero attached hydrogens (tertiary/aromatic N) is 1. The number of hydrogen-bond acceptors (Lipinski definition) is 0. The Kier molecular flexibility index (Phi) is 1.33. The predicted octanol–water partition coefficient (Wildman–Crippen LogP) is 1.21. The molecule has 0 aliphatic heterocycles. The fourth-order valence-electron chi connectivity index (χ4n) is 0.738. The maximum atomic E-state index is 3.15. The normalized spacial score (nSPS) is 11.9. The molecule has 1 N–H and O–H groups in total. The summed E-state index contributed by atoms with van der Waals surface area (Å²) in [5, 5.41) is 0. The van der Waals surface area contributed by atoms with E-state index in [-0.39, 0.29) is 0 Å². The van der Waals surface area contributed by atoms with Crippen LogP contribution >= 0.6 is 0 Å². The highest BCUT2D eigenvalue weighted by Crippen LogP contribution is 2.10. The molecule has 0 aliphatic carbocycles. The number of quaternary nitrogens is 1. The smallest absolute Gasteiger partial charge is 0.204 e. The Hall–Kier alpha value is -0.760. The van der Waals surface area contributed by atoms with Crippen LogP contribution in [0.1, 0.15) is 0 Å². The van der Waals surface area contributed by atoms with Gasteiger partial charge in [0, 0.05) is 12.3 Å². The highest BCUT2D eigenvalue weighted by Gasteiger charge is 2.10. The summed E-state index contributed by atoms with van der Waals surface area (Å²) in [7, 11) is 6.39. The third-order valence-electron chi connectivity index (χ3n) is 1.30. The van der Waals surface area contributed by atoms with Crippen molar-refractivity contribution in [3.8, 4) is 0 Å². The van der Waals surface area contributed by atoms with E-state index in [0.29, 0.717) is 0 Å². The van der Waals surface area contributed by atoms with Gasteiger partial charge < -0.3 is 4.98 Å². The van der Waals surface area contributed by atoms with Gasteiger partial charge in [0.2, 0.25) is 5.82 Å². The lowest BCUT2D eigenvalue weighted by atomic mass is 10.5. The molecule has 0 bridgehead atoms. The Bertz CT molecular complexity index is 169. The van der Waals surface area contributed by atoms with Crippen LogP contribution in [0, 0.1) is 0 Å². The van der Waals surface area contributed by atoms with Crippen LogP contribution in [-0.2, 0) is 0 Å². The Balaban J connectivity index is 2.90. The van der Waals surface area contributed by atoms with Gasteiger partial charge in [-0.25, -0.2) is 0 Å². The van der Waals surface area contributed by atoms with E-state index in [9.17, 15) is 0 Å². The Labute approximate surface area is 55.7 Å². The first kappa shape index (κ1) is 6.36. The van der Waals surface area contributed by atoms with E-state index in [1.807, 2.05) is 12.3 Å². The third kappa shape index (κ3) is 1.33. The lowest BCUT2D eigenvalue weighted by Gasteiger charge is -2.20. The maximum absolute atomic E-state index is 3.15. The van der Waals surface area contributed by atoms with Gasteiger partial charge in [0.05, 0.1) is 21.1 Å². The number of hydrogen-bond donors (Lipinski definition) is 1. The monoisotopic (exact) mass is 125 g/mol. The zero-order valence-corrected chi connectivity index (χ0v) is 6.18. The number of rotatable bonds is 1. The molecule has 0 aliphatic rings. The Morgan fingerprint density at radius 1 is 1.33 bits per heavy atom. The summed E-state index contributed by atoms with van der Waals surface area (Å²) in [5.74, 6) is 1.23. The first-order valence-corrected chi connectivity index (χ1v) is 3.06. The lowest BCUT2D eigenvalue weighted by Crippen LogP contribution is -2.34. The quantitative estimate of drug-likeness (QED) is 0.543. The summed E-state index contributed by atoms with van der Waals surface area (Å²) in [5.41, 5.74) is 0. The molecule has 1 aromatic rings. The van der Waals surface area contributed by atoms with Gasteiger partial charge in [-0.3, -0.25) is 4.48 Å². The standard InChI is InChI=1S/C7H13N2/c1-9(2,3)7-5-4-6-8-7/h4-6,8H,1-3H3/q+1. The van der Waals surface area contributed by atoms with Crippen molar-refractivity contribution < 1.29 is 0 Å². The fourth-order valence-corrected chi connectivity index (χ4v) is 0.738. The molecule has 0 unspecified atom stereocenters. The van der Waals surface area contributed by atoms with E-state index in [4.69, 9.17) is 0 Å². The molecule has 9 heavy (non-hydrogen) atoms. The first-order valence-electron chi connectivity index (χ1n) is 3.06. The molecule has 1 rings (SSSR count). The molecule has 2 heteroatoms. The van der Waals surface area contributed by atoms with E-state index in [2.05, 4.69) is 32.2 Å². The van der Waals surface area contributed by atoms with E-state index in [1.165, 1.54) is 5.82 Å². The molecule has 0 fully saturated rings. The van der Waals surface area contributed by atoms with Crippen molar-refractivity contribution in [3.63, 3.8) is 0 Å². The average Bonchev–Trinajstić information content (AvgIpc) is 2.08. The van der Waals surface area contributed by atoms with Crippen LogP contribution in [0.3, 0.4) is 0 Å². The molecule has 0 saturated carbocycles. The molecule has 1 aromatic heterocycles. The third-order valence-corrected chi connectivity index (χ3v) is 1.30. The summed E-state index contributed by atoms with van der Waals surface area (Å²) in [4.78, 5) is 3.15. The van der Waals surface area contributed by atoms with Crippen LogP contribution in [0.15, 0.2) is 18.3 Å². The average molecular weight is 125 g/mol. The van der Waals surface area contributed by atoms with Crippen molar-refractivity contribution >= 4 is 5.82 Å². The van der Waals surface area contributed by atoms with Gasteiger partial charge in [-0.05, 0) is 6.07 Å².